The zero-order valence-electron chi connectivity index (χ0n) is 22.9. The van der Waals surface area contributed by atoms with E-state index < -0.39 is 17.3 Å². The summed E-state index contributed by atoms with van der Waals surface area (Å²) in [5.41, 5.74) is 7.45. The Labute approximate surface area is 230 Å². The Bertz CT molecular complexity index is 1490. The Morgan fingerprint density at radius 2 is 2.00 bits per heavy atom. The summed E-state index contributed by atoms with van der Waals surface area (Å²) >= 11 is 0. The molecule has 212 valence electrons. The largest absolute Gasteiger partial charge is 0.444 e. The van der Waals surface area contributed by atoms with Crippen LogP contribution in [0.3, 0.4) is 0 Å². The number of nitrogens with zero attached hydrogens (tertiary/aromatic N) is 6. The average molecular weight is 556 g/mol. The number of ether oxygens (including phenoxy) is 1. The number of anilines is 1. The lowest BCUT2D eigenvalue weighted by Gasteiger charge is -2.45. The smallest absolute Gasteiger partial charge is 0.416 e. The first-order valence-corrected chi connectivity index (χ1v) is 13.1. The van der Waals surface area contributed by atoms with E-state index in [9.17, 15) is 23.2 Å². The number of nitrogens with two attached hydrogens (primary N) is 1. The Morgan fingerprint density at radius 3 is 2.65 bits per heavy atom. The van der Waals surface area contributed by atoms with Gasteiger partial charge in [0.25, 0.3) is 0 Å². The van der Waals surface area contributed by atoms with Gasteiger partial charge in [0.2, 0.25) is 0 Å². The number of alkyl halides is 3. The van der Waals surface area contributed by atoms with Crippen molar-refractivity contribution in [2.75, 3.05) is 18.8 Å². The van der Waals surface area contributed by atoms with Gasteiger partial charge in [-0.25, -0.2) is 9.48 Å². The molecular formula is C28H32F3N7O2. The van der Waals surface area contributed by atoms with E-state index in [0.29, 0.717) is 35.5 Å². The van der Waals surface area contributed by atoms with Crippen molar-refractivity contribution in [3.8, 4) is 17.3 Å². The first-order valence-electron chi connectivity index (χ1n) is 13.1. The van der Waals surface area contributed by atoms with Crippen LogP contribution in [0.2, 0.25) is 0 Å². The fraction of sp³-hybridized carbons (Fsp3) is 0.500. The third kappa shape index (κ3) is 5.24. The molecule has 2 fully saturated rings. The average Bonchev–Trinajstić information content (AvgIpc) is 3.55. The molecule has 1 aliphatic heterocycles. The standard InChI is InChI=1S/C28H32F3N7O2/c1-17-5-6-20(28(29,30)31)9-18(17)14-37-15-19(13-34-37)23-22(12-32)24(33)38(35-23)21-10-27(11-21)7-8-36(16-27)25(39)40-26(2,3)4/h5-6,9,13,15,21H,7-8,10-11,14,16,33H2,1-4H3. The summed E-state index contributed by atoms with van der Waals surface area (Å²) in [5, 5.41) is 18.8. The van der Waals surface area contributed by atoms with Crippen LogP contribution >= 0.6 is 0 Å². The van der Waals surface area contributed by atoms with Gasteiger partial charge in [0.05, 0.1) is 24.3 Å². The Kier molecular flexibility index (Phi) is 6.59. The predicted octanol–water partition coefficient (Wildman–Crippen LogP) is 5.54. The lowest BCUT2D eigenvalue weighted by molar-refractivity contribution is -0.137. The van der Waals surface area contributed by atoms with Gasteiger partial charge in [-0.05, 0) is 75.6 Å². The van der Waals surface area contributed by atoms with Gasteiger partial charge in [0, 0.05) is 24.8 Å². The molecule has 0 atom stereocenters. The van der Waals surface area contributed by atoms with Crippen LogP contribution in [0.15, 0.2) is 30.6 Å². The highest BCUT2D eigenvalue weighted by atomic mass is 19.4. The number of aromatic nitrogens is 4. The highest BCUT2D eigenvalue weighted by Gasteiger charge is 2.51. The van der Waals surface area contributed by atoms with E-state index >= 15 is 0 Å². The summed E-state index contributed by atoms with van der Waals surface area (Å²) in [6, 6.07) is 5.77. The third-order valence-electron chi connectivity index (χ3n) is 7.75. The van der Waals surface area contributed by atoms with Crippen molar-refractivity contribution in [3.05, 3.63) is 52.8 Å². The fourth-order valence-corrected chi connectivity index (χ4v) is 5.67. The number of hydrogen-bond donors (Lipinski definition) is 1. The van der Waals surface area contributed by atoms with Gasteiger partial charge in [0.1, 0.15) is 28.7 Å². The van der Waals surface area contributed by atoms with Crippen molar-refractivity contribution >= 4 is 11.9 Å². The molecule has 0 unspecified atom stereocenters. The number of halogens is 3. The monoisotopic (exact) mass is 555 g/mol. The zero-order valence-corrected chi connectivity index (χ0v) is 22.9. The number of likely N-dealkylation sites (tertiary alicyclic amines) is 1. The van der Waals surface area contributed by atoms with Crippen LogP contribution in [0.1, 0.15) is 68.3 Å². The molecule has 1 amide bonds. The van der Waals surface area contributed by atoms with Gasteiger partial charge < -0.3 is 15.4 Å². The molecule has 3 heterocycles. The lowest BCUT2D eigenvalue weighted by Crippen LogP contribution is -2.43. The van der Waals surface area contributed by atoms with Gasteiger partial charge in [-0.1, -0.05) is 6.07 Å². The molecule has 1 saturated carbocycles. The number of carbonyl (C=O) groups excluding carboxylic acids is 1. The van der Waals surface area contributed by atoms with E-state index in [1.165, 1.54) is 16.9 Å². The number of aryl methyl sites for hydroxylation is 1. The van der Waals surface area contributed by atoms with Gasteiger partial charge >= 0.3 is 12.3 Å². The molecule has 2 aromatic heterocycles. The summed E-state index contributed by atoms with van der Waals surface area (Å²) in [4.78, 5) is 14.3. The van der Waals surface area contributed by atoms with Gasteiger partial charge in [-0.2, -0.15) is 28.6 Å². The number of nitrogen functional groups attached to an aromatic ring is 1. The van der Waals surface area contributed by atoms with Gasteiger partial charge in [0.15, 0.2) is 0 Å². The van der Waals surface area contributed by atoms with Crippen molar-refractivity contribution in [3.63, 3.8) is 0 Å². The molecular weight excluding hydrogens is 523 g/mol. The third-order valence-corrected chi connectivity index (χ3v) is 7.75. The second-order valence-electron chi connectivity index (χ2n) is 11.9. The van der Waals surface area contributed by atoms with Crippen LogP contribution in [-0.4, -0.2) is 49.2 Å². The molecule has 9 nitrogen and oxygen atoms in total. The molecule has 40 heavy (non-hydrogen) atoms. The normalized spacial score (nSPS) is 20.9. The molecule has 0 bridgehead atoms. The molecule has 12 heteroatoms. The number of rotatable bonds is 4. The van der Waals surface area contributed by atoms with Crippen molar-refractivity contribution in [2.24, 2.45) is 5.41 Å². The van der Waals surface area contributed by atoms with Crippen LogP contribution in [-0.2, 0) is 17.5 Å². The highest BCUT2D eigenvalue weighted by Crippen LogP contribution is 2.55. The summed E-state index contributed by atoms with van der Waals surface area (Å²) in [6.07, 6.45) is 0.865. The van der Waals surface area contributed by atoms with E-state index in [0.717, 1.165) is 31.4 Å². The van der Waals surface area contributed by atoms with Crippen molar-refractivity contribution in [1.82, 2.24) is 24.5 Å². The lowest BCUT2D eigenvalue weighted by atomic mass is 9.65. The van der Waals surface area contributed by atoms with Crippen molar-refractivity contribution < 1.29 is 22.7 Å². The Hall–Kier alpha value is -4.01. The SMILES string of the molecule is Cc1ccc(C(F)(F)F)cc1Cn1cc(-c2nn(C3CC4(CCN(C(=O)OC(C)(C)C)C4)C3)c(N)c2C#N)cn1. The first-order chi connectivity index (χ1) is 18.7. The van der Waals surface area contributed by atoms with Gasteiger partial charge in [-0.15, -0.1) is 0 Å². The van der Waals surface area contributed by atoms with Crippen LogP contribution in [0.5, 0.6) is 0 Å². The summed E-state index contributed by atoms with van der Waals surface area (Å²) in [5.74, 6) is 0.265. The van der Waals surface area contributed by atoms with Crippen LogP contribution in [0, 0.1) is 23.7 Å². The van der Waals surface area contributed by atoms with Crippen molar-refractivity contribution in [1.29, 1.82) is 5.26 Å². The minimum absolute atomic E-state index is 0.0118. The molecule has 3 aromatic rings. The molecule has 1 aromatic carbocycles. The maximum Gasteiger partial charge on any atom is 0.416 e. The Morgan fingerprint density at radius 1 is 1.27 bits per heavy atom. The number of nitriles is 1. The second kappa shape index (κ2) is 9.57. The zero-order chi connectivity index (χ0) is 29.0. The molecule has 5 rings (SSSR count). The quantitative estimate of drug-likeness (QED) is 0.452. The van der Waals surface area contributed by atoms with E-state index in [2.05, 4.69) is 16.3 Å². The summed E-state index contributed by atoms with van der Waals surface area (Å²) in [6.45, 7) is 8.66. The molecule has 2 aliphatic rings. The van der Waals surface area contributed by atoms with E-state index in [1.807, 2.05) is 20.8 Å². The van der Waals surface area contributed by atoms with Gasteiger partial charge in [-0.3, -0.25) is 4.68 Å². The van der Waals surface area contributed by atoms with Crippen LogP contribution in [0.25, 0.3) is 11.3 Å². The van der Waals surface area contributed by atoms with Crippen LogP contribution < -0.4 is 5.73 Å². The second-order valence-corrected chi connectivity index (χ2v) is 11.9. The minimum atomic E-state index is -4.43. The fourth-order valence-electron chi connectivity index (χ4n) is 5.67. The van der Waals surface area contributed by atoms with Crippen molar-refractivity contribution in [2.45, 2.75) is 71.3 Å². The maximum absolute atomic E-state index is 13.2. The number of carbonyl (C=O) groups is 1. The molecule has 1 aliphatic carbocycles. The van der Waals surface area contributed by atoms with E-state index in [-0.39, 0.29) is 35.5 Å². The molecule has 1 saturated heterocycles. The maximum atomic E-state index is 13.2. The first kappa shape index (κ1) is 27.6. The molecule has 1 spiro atoms. The minimum Gasteiger partial charge on any atom is -0.444 e. The summed E-state index contributed by atoms with van der Waals surface area (Å²) < 4.78 is 48.3. The Balaban J connectivity index is 1.31. The molecule has 0 radical (unpaired) electrons. The number of amides is 1. The molecule has 2 N–H and O–H groups in total. The van der Waals surface area contributed by atoms with Crippen LogP contribution in [0.4, 0.5) is 23.8 Å². The topological polar surface area (TPSA) is 115 Å². The summed E-state index contributed by atoms with van der Waals surface area (Å²) in [7, 11) is 0. The highest BCUT2D eigenvalue weighted by molar-refractivity contribution is 5.72. The predicted molar refractivity (Wildman–Crippen MR) is 141 cm³/mol. The van der Waals surface area contributed by atoms with E-state index in [1.54, 1.807) is 22.7 Å². The van der Waals surface area contributed by atoms with E-state index in [4.69, 9.17) is 10.5 Å². The number of benzene rings is 1. The number of hydrogen-bond acceptors (Lipinski definition) is 6.